The van der Waals surface area contributed by atoms with Crippen molar-refractivity contribution in [3.05, 3.63) is 15.6 Å². The van der Waals surface area contributed by atoms with Gasteiger partial charge in [-0.2, -0.15) is 0 Å². The van der Waals surface area contributed by atoms with E-state index >= 15 is 0 Å². The van der Waals surface area contributed by atoms with Gasteiger partial charge in [0.25, 0.3) is 0 Å². The Hall–Kier alpha value is -0.410. The Morgan fingerprint density at radius 2 is 2.06 bits per heavy atom. The van der Waals surface area contributed by atoms with Crippen LogP contribution in [0.1, 0.15) is 67.6 Å². The minimum atomic E-state index is 0.517. The van der Waals surface area contributed by atoms with E-state index in [4.69, 9.17) is 4.98 Å². The predicted octanol–water partition coefficient (Wildman–Crippen LogP) is 3.86. The SMILES string of the molecule is CCC(CC)C(NC1CC1)c1nc2c(s1)CCC2. The lowest BCUT2D eigenvalue weighted by molar-refractivity contribution is 0.337. The molecule has 0 amide bonds. The van der Waals surface area contributed by atoms with Crippen LogP contribution in [-0.2, 0) is 12.8 Å². The summed E-state index contributed by atoms with van der Waals surface area (Å²) < 4.78 is 0. The van der Waals surface area contributed by atoms with Gasteiger partial charge >= 0.3 is 0 Å². The van der Waals surface area contributed by atoms with Crippen molar-refractivity contribution >= 4 is 11.3 Å². The van der Waals surface area contributed by atoms with Gasteiger partial charge in [0, 0.05) is 10.9 Å². The third kappa shape index (κ3) is 2.48. The third-order valence-electron chi connectivity index (χ3n) is 4.39. The zero-order valence-electron chi connectivity index (χ0n) is 11.5. The standard InChI is InChI=1S/C15H24N2S/c1-3-10(4-2)14(16-11-8-9-11)15-17-12-6-5-7-13(12)18-15/h10-11,14,16H,3-9H2,1-2H3. The second-order valence-corrected chi connectivity index (χ2v) is 6.89. The molecule has 0 saturated heterocycles. The maximum absolute atomic E-state index is 4.94. The summed E-state index contributed by atoms with van der Waals surface area (Å²) >= 11 is 1.99. The largest absolute Gasteiger partial charge is 0.305 e. The Bertz CT molecular complexity index is 383. The smallest absolute Gasteiger partial charge is 0.110 e. The molecular weight excluding hydrogens is 240 g/mol. The van der Waals surface area contributed by atoms with Gasteiger partial charge in [0.15, 0.2) is 0 Å². The van der Waals surface area contributed by atoms with Crippen molar-refractivity contribution in [3.8, 4) is 0 Å². The molecule has 0 radical (unpaired) electrons. The molecule has 3 heteroatoms. The number of aromatic nitrogens is 1. The highest BCUT2D eigenvalue weighted by Gasteiger charge is 2.31. The van der Waals surface area contributed by atoms with Crippen LogP contribution in [0.15, 0.2) is 0 Å². The topological polar surface area (TPSA) is 24.9 Å². The molecule has 0 aromatic carbocycles. The van der Waals surface area contributed by atoms with Crippen molar-refractivity contribution in [2.45, 2.75) is 70.9 Å². The summed E-state index contributed by atoms with van der Waals surface area (Å²) in [6.07, 6.45) is 9.04. The summed E-state index contributed by atoms with van der Waals surface area (Å²) in [4.78, 5) is 6.51. The maximum atomic E-state index is 4.94. The summed E-state index contributed by atoms with van der Waals surface area (Å²) in [5.41, 5.74) is 1.41. The molecule has 1 N–H and O–H groups in total. The Labute approximate surface area is 114 Å². The summed E-state index contributed by atoms with van der Waals surface area (Å²) in [5.74, 6) is 0.747. The molecule has 2 aliphatic carbocycles. The average molecular weight is 264 g/mol. The van der Waals surface area contributed by atoms with Crippen LogP contribution >= 0.6 is 11.3 Å². The van der Waals surface area contributed by atoms with E-state index in [1.807, 2.05) is 11.3 Å². The molecule has 100 valence electrons. The summed E-state index contributed by atoms with van der Waals surface area (Å²) in [7, 11) is 0. The Balaban J connectivity index is 1.81. The lowest BCUT2D eigenvalue weighted by Gasteiger charge is -2.24. The van der Waals surface area contributed by atoms with Gasteiger partial charge in [-0.25, -0.2) is 4.98 Å². The van der Waals surface area contributed by atoms with E-state index in [2.05, 4.69) is 19.2 Å². The second kappa shape index (κ2) is 5.30. The second-order valence-electron chi connectivity index (χ2n) is 5.77. The number of fused-ring (bicyclic) bond motifs is 1. The number of hydrogen-bond acceptors (Lipinski definition) is 3. The van der Waals surface area contributed by atoms with Crippen LogP contribution < -0.4 is 5.32 Å². The highest BCUT2D eigenvalue weighted by Crippen LogP contribution is 2.37. The van der Waals surface area contributed by atoms with E-state index in [-0.39, 0.29) is 0 Å². The summed E-state index contributed by atoms with van der Waals surface area (Å²) in [5, 5.41) is 5.22. The van der Waals surface area contributed by atoms with Crippen molar-refractivity contribution in [1.29, 1.82) is 0 Å². The summed E-state index contributed by atoms with van der Waals surface area (Å²) in [6, 6.07) is 1.29. The van der Waals surface area contributed by atoms with Gasteiger partial charge in [-0.05, 0) is 38.0 Å². The molecule has 1 heterocycles. The Kier molecular flexibility index (Phi) is 3.71. The molecule has 18 heavy (non-hydrogen) atoms. The van der Waals surface area contributed by atoms with Crippen LogP contribution in [0.25, 0.3) is 0 Å². The van der Waals surface area contributed by atoms with Crippen LogP contribution in [0.5, 0.6) is 0 Å². The monoisotopic (exact) mass is 264 g/mol. The lowest BCUT2D eigenvalue weighted by atomic mass is 9.94. The molecule has 0 aliphatic heterocycles. The first-order chi connectivity index (χ1) is 8.81. The van der Waals surface area contributed by atoms with Crippen LogP contribution in [0.2, 0.25) is 0 Å². The molecule has 1 saturated carbocycles. The highest BCUT2D eigenvalue weighted by molar-refractivity contribution is 7.11. The van der Waals surface area contributed by atoms with E-state index in [1.54, 1.807) is 4.88 Å². The molecule has 1 atom stereocenters. The van der Waals surface area contributed by atoms with Gasteiger partial charge in [-0.3, -0.25) is 0 Å². The van der Waals surface area contributed by atoms with Crippen LogP contribution in [0.3, 0.4) is 0 Å². The molecule has 1 aromatic heterocycles. The van der Waals surface area contributed by atoms with E-state index in [0.29, 0.717) is 6.04 Å². The lowest BCUT2D eigenvalue weighted by Crippen LogP contribution is -2.29. The van der Waals surface area contributed by atoms with Gasteiger partial charge in [0.1, 0.15) is 5.01 Å². The molecule has 2 nitrogen and oxygen atoms in total. The van der Waals surface area contributed by atoms with Crippen LogP contribution in [0.4, 0.5) is 0 Å². The number of hydrogen-bond donors (Lipinski definition) is 1. The van der Waals surface area contributed by atoms with Gasteiger partial charge in [-0.1, -0.05) is 26.7 Å². The van der Waals surface area contributed by atoms with Crippen LogP contribution in [0, 0.1) is 5.92 Å². The van der Waals surface area contributed by atoms with E-state index < -0.39 is 0 Å². The Morgan fingerprint density at radius 3 is 2.67 bits per heavy atom. The summed E-state index contributed by atoms with van der Waals surface area (Å²) in [6.45, 7) is 4.63. The van der Waals surface area contributed by atoms with Crippen molar-refractivity contribution in [2.75, 3.05) is 0 Å². The van der Waals surface area contributed by atoms with E-state index in [1.165, 1.54) is 55.6 Å². The fraction of sp³-hybridized carbons (Fsp3) is 0.800. The number of aryl methyl sites for hydroxylation is 2. The molecule has 0 spiro atoms. The molecule has 0 bridgehead atoms. The Morgan fingerprint density at radius 1 is 1.28 bits per heavy atom. The van der Waals surface area contributed by atoms with Gasteiger partial charge in [0.2, 0.25) is 0 Å². The molecule has 3 rings (SSSR count). The van der Waals surface area contributed by atoms with Crippen LogP contribution in [-0.4, -0.2) is 11.0 Å². The first kappa shape index (κ1) is 12.6. The minimum Gasteiger partial charge on any atom is -0.305 e. The number of rotatable bonds is 6. The van der Waals surface area contributed by atoms with Gasteiger partial charge < -0.3 is 5.32 Å². The highest BCUT2D eigenvalue weighted by atomic mass is 32.1. The fourth-order valence-corrected chi connectivity index (χ4v) is 4.32. The zero-order chi connectivity index (χ0) is 12.5. The van der Waals surface area contributed by atoms with E-state index in [9.17, 15) is 0 Å². The van der Waals surface area contributed by atoms with Crippen molar-refractivity contribution in [3.63, 3.8) is 0 Å². The molecule has 1 fully saturated rings. The van der Waals surface area contributed by atoms with Crippen molar-refractivity contribution in [1.82, 2.24) is 10.3 Å². The predicted molar refractivity (Wildman–Crippen MR) is 77.1 cm³/mol. The zero-order valence-corrected chi connectivity index (χ0v) is 12.4. The molecule has 1 unspecified atom stereocenters. The molecule has 1 aromatic rings. The number of thiazole rings is 1. The first-order valence-electron chi connectivity index (χ1n) is 7.56. The van der Waals surface area contributed by atoms with Gasteiger partial charge in [-0.15, -0.1) is 11.3 Å². The quantitative estimate of drug-likeness (QED) is 0.844. The molecule has 2 aliphatic rings. The van der Waals surface area contributed by atoms with Gasteiger partial charge in [0.05, 0.1) is 11.7 Å². The van der Waals surface area contributed by atoms with Crippen molar-refractivity contribution < 1.29 is 0 Å². The van der Waals surface area contributed by atoms with Crippen molar-refractivity contribution in [2.24, 2.45) is 5.92 Å². The number of nitrogens with one attached hydrogen (secondary N) is 1. The third-order valence-corrected chi connectivity index (χ3v) is 5.63. The first-order valence-corrected chi connectivity index (χ1v) is 8.38. The minimum absolute atomic E-state index is 0.517. The average Bonchev–Trinajstić information content (AvgIpc) is 2.94. The maximum Gasteiger partial charge on any atom is 0.110 e. The normalized spacial score (nSPS) is 20.4. The van der Waals surface area contributed by atoms with E-state index in [0.717, 1.165) is 12.0 Å². The number of nitrogens with zero attached hydrogens (tertiary/aromatic N) is 1. The fourth-order valence-electron chi connectivity index (χ4n) is 3.02. The molecular formula is C15H24N2S.